The molecule has 1 aromatic carbocycles. The minimum Gasteiger partial charge on any atom is -0.310 e. The van der Waals surface area contributed by atoms with Gasteiger partial charge >= 0.3 is 0 Å². The predicted octanol–water partition coefficient (Wildman–Crippen LogP) is 3.48. The number of nitrogens with one attached hydrogen (secondary N) is 1. The van der Waals surface area contributed by atoms with Gasteiger partial charge in [-0.3, -0.25) is 0 Å². The normalized spacial score (nSPS) is 26.1. The van der Waals surface area contributed by atoms with E-state index in [1.54, 1.807) is 0 Å². The topological polar surface area (TPSA) is 12.0 Å². The van der Waals surface area contributed by atoms with Gasteiger partial charge in [0.1, 0.15) is 0 Å². The molecule has 1 heteroatoms. The molecular weight excluding hydrogens is 194 g/mol. The highest BCUT2D eigenvalue weighted by Gasteiger charge is 2.17. The zero-order valence-corrected chi connectivity index (χ0v) is 10.0. The van der Waals surface area contributed by atoms with Crippen LogP contribution in [-0.2, 0) is 0 Å². The Morgan fingerprint density at radius 1 is 1.31 bits per heavy atom. The molecular formula is C15H21N. The van der Waals surface area contributed by atoms with Gasteiger partial charge in [0, 0.05) is 6.04 Å². The zero-order valence-electron chi connectivity index (χ0n) is 10.0. The molecule has 1 aromatic rings. The molecule has 1 saturated heterocycles. The average molecular weight is 215 g/mol. The third-order valence-electron chi connectivity index (χ3n) is 3.44. The lowest BCUT2D eigenvalue weighted by Gasteiger charge is -2.27. The SMILES string of the molecule is CCC1CCNC(/C=C/c2ccccc2)C1. The van der Waals surface area contributed by atoms with Crippen molar-refractivity contribution in [2.45, 2.75) is 32.2 Å². The summed E-state index contributed by atoms with van der Waals surface area (Å²) in [6.07, 6.45) is 8.50. The van der Waals surface area contributed by atoms with Crippen LogP contribution in [0.3, 0.4) is 0 Å². The standard InChI is InChI=1S/C15H21N/c1-2-13-10-11-16-15(12-13)9-8-14-6-4-3-5-7-14/h3-9,13,15-16H,2,10-12H2,1H3/b9-8+. The van der Waals surface area contributed by atoms with Crippen LogP contribution in [-0.4, -0.2) is 12.6 Å². The van der Waals surface area contributed by atoms with Crippen LogP contribution < -0.4 is 5.32 Å². The maximum Gasteiger partial charge on any atom is 0.0255 e. The second-order valence-electron chi connectivity index (χ2n) is 4.63. The van der Waals surface area contributed by atoms with Crippen LogP contribution >= 0.6 is 0 Å². The van der Waals surface area contributed by atoms with Gasteiger partial charge in [0.15, 0.2) is 0 Å². The van der Waals surface area contributed by atoms with E-state index in [0.29, 0.717) is 6.04 Å². The van der Waals surface area contributed by atoms with Gasteiger partial charge in [-0.15, -0.1) is 0 Å². The summed E-state index contributed by atoms with van der Waals surface area (Å²) in [4.78, 5) is 0. The van der Waals surface area contributed by atoms with Gasteiger partial charge in [-0.1, -0.05) is 55.8 Å². The molecule has 0 saturated carbocycles. The van der Waals surface area contributed by atoms with Crippen LogP contribution in [0.15, 0.2) is 36.4 Å². The van der Waals surface area contributed by atoms with E-state index >= 15 is 0 Å². The molecule has 0 aliphatic carbocycles. The van der Waals surface area contributed by atoms with Gasteiger partial charge < -0.3 is 5.32 Å². The molecule has 86 valence electrons. The van der Waals surface area contributed by atoms with Gasteiger partial charge in [0.05, 0.1) is 0 Å². The molecule has 1 aliphatic rings. The van der Waals surface area contributed by atoms with Crippen LogP contribution in [0.5, 0.6) is 0 Å². The van der Waals surface area contributed by atoms with Crippen molar-refractivity contribution in [3.63, 3.8) is 0 Å². The van der Waals surface area contributed by atoms with Crippen LogP contribution in [0, 0.1) is 5.92 Å². The lowest BCUT2D eigenvalue weighted by Crippen LogP contribution is -2.36. The highest BCUT2D eigenvalue weighted by molar-refractivity contribution is 5.49. The summed E-state index contributed by atoms with van der Waals surface area (Å²) < 4.78 is 0. The summed E-state index contributed by atoms with van der Waals surface area (Å²) in [7, 11) is 0. The molecule has 0 aromatic heterocycles. The van der Waals surface area contributed by atoms with Gasteiger partial charge in [-0.2, -0.15) is 0 Å². The first-order valence-electron chi connectivity index (χ1n) is 6.35. The number of piperidine rings is 1. The van der Waals surface area contributed by atoms with Crippen molar-refractivity contribution in [3.05, 3.63) is 42.0 Å². The van der Waals surface area contributed by atoms with E-state index in [9.17, 15) is 0 Å². The summed E-state index contributed by atoms with van der Waals surface area (Å²) in [5.41, 5.74) is 1.29. The Kier molecular flexibility index (Phi) is 4.17. The molecule has 2 unspecified atom stereocenters. The molecule has 0 amide bonds. The molecule has 1 aliphatic heterocycles. The summed E-state index contributed by atoms with van der Waals surface area (Å²) >= 11 is 0. The van der Waals surface area contributed by atoms with E-state index in [1.165, 1.54) is 31.4 Å². The molecule has 16 heavy (non-hydrogen) atoms. The van der Waals surface area contributed by atoms with Crippen LogP contribution in [0.25, 0.3) is 6.08 Å². The number of rotatable bonds is 3. The van der Waals surface area contributed by atoms with E-state index < -0.39 is 0 Å². The Labute approximate surface area is 98.6 Å². The van der Waals surface area contributed by atoms with Gasteiger partial charge in [-0.05, 0) is 30.9 Å². The number of hydrogen-bond acceptors (Lipinski definition) is 1. The second-order valence-corrected chi connectivity index (χ2v) is 4.63. The lowest BCUT2D eigenvalue weighted by molar-refractivity contribution is 0.326. The Morgan fingerprint density at radius 2 is 2.12 bits per heavy atom. The fourth-order valence-electron chi connectivity index (χ4n) is 2.34. The highest BCUT2D eigenvalue weighted by atomic mass is 14.9. The molecule has 0 bridgehead atoms. The van der Waals surface area contributed by atoms with Crippen molar-refractivity contribution in [2.75, 3.05) is 6.54 Å². The van der Waals surface area contributed by atoms with Crippen molar-refractivity contribution >= 4 is 6.08 Å². The maximum absolute atomic E-state index is 3.57. The smallest absolute Gasteiger partial charge is 0.0255 e. The number of hydrogen-bond donors (Lipinski definition) is 1. The maximum atomic E-state index is 3.57. The Balaban J connectivity index is 1.91. The first kappa shape index (κ1) is 11.4. The predicted molar refractivity (Wildman–Crippen MR) is 70.3 cm³/mol. The second kappa shape index (κ2) is 5.86. The summed E-state index contributed by atoms with van der Waals surface area (Å²) in [5, 5.41) is 3.57. The summed E-state index contributed by atoms with van der Waals surface area (Å²) in [5.74, 6) is 0.909. The van der Waals surface area contributed by atoms with Gasteiger partial charge in [0.25, 0.3) is 0 Å². The van der Waals surface area contributed by atoms with E-state index in [0.717, 1.165) is 5.92 Å². The monoisotopic (exact) mass is 215 g/mol. The fourth-order valence-corrected chi connectivity index (χ4v) is 2.34. The molecule has 1 heterocycles. The minimum absolute atomic E-state index is 0.568. The third-order valence-corrected chi connectivity index (χ3v) is 3.44. The van der Waals surface area contributed by atoms with Crippen molar-refractivity contribution in [1.29, 1.82) is 0 Å². The first-order valence-corrected chi connectivity index (χ1v) is 6.35. The quantitative estimate of drug-likeness (QED) is 0.814. The third kappa shape index (κ3) is 3.21. The van der Waals surface area contributed by atoms with Crippen LogP contribution in [0.2, 0.25) is 0 Å². The average Bonchev–Trinajstić information content (AvgIpc) is 2.38. The van der Waals surface area contributed by atoms with E-state index in [1.807, 2.05) is 0 Å². The lowest BCUT2D eigenvalue weighted by atomic mass is 9.90. The van der Waals surface area contributed by atoms with E-state index in [2.05, 4.69) is 54.7 Å². The molecule has 1 fully saturated rings. The van der Waals surface area contributed by atoms with E-state index in [4.69, 9.17) is 0 Å². The minimum atomic E-state index is 0.568. The Hall–Kier alpha value is -1.08. The molecule has 2 atom stereocenters. The summed E-state index contributed by atoms with van der Waals surface area (Å²) in [6, 6.07) is 11.1. The van der Waals surface area contributed by atoms with Gasteiger partial charge in [0.2, 0.25) is 0 Å². The Bertz CT molecular complexity index is 329. The molecule has 1 N–H and O–H groups in total. The zero-order chi connectivity index (χ0) is 11.2. The molecule has 0 spiro atoms. The largest absolute Gasteiger partial charge is 0.310 e. The summed E-state index contributed by atoms with van der Waals surface area (Å²) in [6.45, 7) is 3.47. The first-order chi connectivity index (χ1) is 7.88. The Morgan fingerprint density at radius 3 is 2.88 bits per heavy atom. The van der Waals surface area contributed by atoms with Crippen LogP contribution in [0.1, 0.15) is 31.7 Å². The van der Waals surface area contributed by atoms with Crippen LogP contribution in [0.4, 0.5) is 0 Å². The molecule has 2 rings (SSSR count). The molecule has 1 nitrogen and oxygen atoms in total. The van der Waals surface area contributed by atoms with Crippen molar-refractivity contribution < 1.29 is 0 Å². The fraction of sp³-hybridized carbons (Fsp3) is 0.467. The van der Waals surface area contributed by atoms with Gasteiger partial charge in [-0.25, -0.2) is 0 Å². The van der Waals surface area contributed by atoms with Crippen molar-refractivity contribution in [2.24, 2.45) is 5.92 Å². The van der Waals surface area contributed by atoms with E-state index in [-0.39, 0.29) is 0 Å². The van der Waals surface area contributed by atoms with Crippen molar-refractivity contribution in [1.82, 2.24) is 5.32 Å². The van der Waals surface area contributed by atoms with Crippen molar-refractivity contribution in [3.8, 4) is 0 Å². The number of benzene rings is 1. The highest BCUT2D eigenvalue weighted by Crippen LogP contribution is 2.20. The molecule has 0 radical (unpaired) electrons.